The van der Waals surface area contributed by atoms with Gasteiger partial charge < -0.3 is 4.90 Å². The molecule has 4 aromatic heterocycles. The number of hydrogen-bond donors (Lipinski definition) is 0. The second-order valence-electron chi connectivity index (χ2n) is 5.97. The van der Waals surface area contributed by atoms with Crippen LogP contribution in [0.2, 0.25) is 0 Å². The van der Waals surface area contributed by atoms with Crippen LogP contribution in [0.15, 0.2) is 59.7 Å². The zero-order chi connectivity index (χ0) is 16.1. The number of rotatable bonds is 2. The molecule has 5 heterocycles. The average Bonchev–Trinajstić information content (AvgIpc) is 2.98. The molecule has 1 aliphatic rings. The van der Waals surface area contributed by atoms with Gasteiger partial charge in [0.05, 0.1) is 5.92 Å². The minimum Gasteiger partial charge on any atom is -0.355 e. The van der Waals surface area contributed by atoms with Crippen LogP contribution in [0.3, 0.4) is 0 Å². The number of hydrogen-bond acceptors (Lipinski definition) is 5. The molecule has 0 amide bonds. The van der Waals surface area contributed by atoms with Crippen molar-refractivity contribution in [3.8, 4) is 0 Å². The standard InChI is InChI=1S/C17H14N6O/c24-16-9-15(18-13-5-1-3-7-22(13)16)21-10-12(11-21)17-20-19-14-6-2-4-8-23(14)17/h1-9,12H,10-11H2. The number of pyridine rings is 2. The molecule has 4 aromatic rings. The van der Waals surface area contributed by atoms with Gasteiger partial charge in [-0.05, 0) is 24.3 Å². The predicted molar refractivity (Wildman–Crippen MR) is 89.4 cm³/mol. The maximum atomic E-state index is 12.2. The van der Waals surface area contributed by atoms with Crippen molar-refractivity contribution in [2.75, 3.05) is 18.0 Å². The fraction of sp³-hybridized carbons (Fsp3) is 0.176. The van der Waals surface area contributed by atoms with Gasteiger partial charge in [-0.25, -0.2) is 4.98 Å². The molecule has 118 valence electrons. The highest BCUT2D eigenvalue weighted by atomic mass is 16.1. The van der Waals surface area contributed by atoms with Gasteiger partial charge in [-0.1, -0.05) is 12.1 Å². The predicted octanol–water partition coefficient (Wildman–Crippen LogP) is 1.34. The van der Waals surface area contributed by atoms with Gasteiger partial charge in [0, 0.05) is 31.5 Å². The normalized spacial score (nSPS) is 15.1. The molecule has 24 heavy (non-hydrogen) atoms. The van der Waals surface area contributed by atoms with Gasteiger partial charge in [-0.3, -0.25) is 13.6 Å². The maximum absolute atomic E-state index is 12.2. The monoisotopic (exact) mass is 318 g/mol. The summed E-state index contributed by atoms with van der Waals surface area (Å²) in [4.78, 5) is 18.9. The summed E-state index contributed by atoms with van der Waals surface area (Å²) in [6.45, 7) is 1.57. The van der Waals surface area contributed by atoms with Gasteiger partial charge >= 0.3 is 0 Å². The third kappa shape index (κ3) is 1.91. The molecule has 7 heteroatoms. The van der Waals surface area contributed by atoms with E-state index in [9.17, 15) is 4.79 Å². The second-order valence-corrected chi connectivity index (χ2v) is 5.97. The van der Waals surface area contributed by atoms with Gasteiger partial charge in [0.25, 0.3) is 5.56 Å². The number of nitrogens with zero attached hydrogens (tertiary/aromatic N) is 6. The van der Waals surface area contributed by atoms with Gasteiger partial charge in [-0.15, -0.1) is 10.2 Å². The van der Waals surface area contributed by atoms with Crippen LogP contribution < -0.4 is 10.5 Å². The van der Waals surface area contributed by atoms with E-state index >= 15 is 0 Å². The molecule has 0 atom stereocenters. The molecule has 7 nitrogen and oxygen atoms in total. The Morgan fingerprint density at radius 1 is 0.917 bits per heavy atom. The van der Waals surface area contributed by atoms with Crippen LogP contribution in [-0.2, 0) is 0 Å². The Hall–Kier alpha value is -3.22. The Morgan fingerprint density at radius 2 is 1.67 bits per heavy atom. The molecule has 0 unspecified atom stereocenters. The lowest BCUT2D eigenvalue weighted by Crippen LogP contribution is -2.46. The van der Waals surface area contributed by atoms with E-state index in [1.54, 1.807) is 16.7 Å². The molecule has 0 aromatic carbocycles. The Labute approximate surface area is 136 Å². The molecule has 0 radical (unpaired) electrons. The smallest absolute Gasteiger partial charge is 0.259 e. The van der Waals surface area contributed by atoms with Crippen LogP contribution >= 0.6 is 0 Å². The van der Waals surface area contributed by atoms with E-state index in [4.69, 9.17) is 0 Å². The zero-order valence-electron chi connectivity index (χ0n) is 12.8. The average molecular weight is 318 g/mol. The van der Waals surface area contributed by atoms with Crippen LogP contribution in [0.4, 0.5) is 5.82 Å². The summed E-state index contributed by atoms with van der Waals surface area (Å²) in [7, 11) is 0. The van der Waals surface area contributed by atoms with Crippen molar-refractivity contribution in [1.82, 2.24) is 24.0 Å². The van der Waals surface area contributed by atoms with E-state index in [0.29, 0.717) is 11.6 Å². The highest BCUT2D eigenvalue weighted by molar-refractivity contribution is 5.51. The Kier molecular flexibility index (Phi) is 2.70. The quantitative estimate of drug-likeness (QED) is 0.558. The van der Waals surface area contributed by atoms with E-state index in [0.717, 1.165) is 30.4 Å². The summed E-state index contributed by atoms with van der Waals surface area (Å²) < 4.78 is 3.57. The van der Waals surface area contributed by atoms with Crippen molar-refractivity contribution in [1.29, 1.82) is 0 Å². The van der Waals surface area contributed by atoms with Crippen molar-refractivity contribution in [3.63, 3.8) is 0 Å². The van der Waals surface area contributed by atoms with E-state index in [2.05, 4.69) is 20.1 Å². The van der Waals surface area contributed by atoms with E-state index < -0.39 is 0 Å². The van der Waals surface area contributed by atoms with Crippen LogP contribution in [0.1, 0.15) is 11.7 Å². The van der Waals surface area contributed by atoms with Crippen molar-refractivity contribution in [2.24, 2.45) is 0 Å². The summed E-state index contributed by atoms with van der Waals surface area (Å²) in [5, 5.41) is 8.51. The first-order valence-corrected chi connectivity index (χ1v) is 7.83. The third-order valence-electron chi connectivity index (χ3n) is 4.47. The van der Waals surface area contributed by atoms with Gasteiger partial charge in [0.1, 0.15) is 17.3 Å². The molecule has 1 saturated heterocycles. The lowest BCUT2D eigenvalue weighted by Gasteiger charge is -2.39. The molecular weight excluding hydrogens is 304 g/mol. The summed E-state index contributed by atoms with van der Waals surface area (Å²) in [6.07, 6.45) is 3.71. The van der Waals surface area contributed by atoms with Crippen molar-refractivity contribution < 1.29 is 0 Å². The first kappa shape index (κ1) is 13.2. The molecule has 0 N–H and O–H groups in total. The van der Waals surface area contributed by atoms with Crippen LogP contribution in [-0.4, -0.2) is 37.1 Å². The van der Waals surface area contributed by atoms with E-state index in [1.165, 1.54) is 0 Å². The molecule has 0 saturated carbocycles. The first-order valence-electron chi connectivity index (χ1n) is 7.83. The largest absolute Gasteiger partial charge is 0.355 e. The number of aromatic nitrogens is 5. The van der Waals surface area contributed by atoms with Crippen LogP contribution in [0.25, 0.3) is 11.3 Å². The molecular formula is C17H14N6O. The van der Waals surface area contributed by atoms with Crippen molar-refractivity contribution in [3.05, 3.63) is 71.0 Å². The third-order valence-corrected chi connectivity index (χ3v) is 4.47. The van der Waals surface area contributed by atoms with Crippen LogP contribution in [0.5, 0.6) is 0 Å². The van der Waals surface area contributed by atoms with Gasteiger partial charge in [0.2, 0.25) is 0 Å². The summed E-state index contributed by atoms with van der Waals surface area (Å²) in [5.41, 5.74) is 1.45. The molecule has 0 bridgehead atoms. The Bertz CT molecular complexity index is 1110. The maximum Gasteiger partial charge on any atom is 0.259 e. The number of anilines is 1. The molecule has 5 rings (SSSR count). The molecule has 0 aliphatic carbocycles. The summed E-state index contributed by atoms with van der Waals surface area (Å²) >= 11 is 0. The number of fused-ring (bicyclic) bond motifs is 2. The SMILES string of the molecule is O=c1cc(N2CC(c3nnc4ccccn34)C2)nc2ccccn12. The highest BCUT2D eigenvalue weighted by Gasteiger charge is 2.32. The fourth-order valence-corrected chi connectivity index (χ4v) is 3.17. The molecule has 1 aliphatic heterocycles. The molecule has 1 fully saturated rings. The van der Waals surface area contributed by atoms with Crippen molar-refractivity contribution >= 4 is 17.1 Å². The minimum atomic E-state index is -0.0630. The Morgan fingerprint density at radius 3 is 2.50 bits per heavy atom. The zero-order valence-corrected chi connectivity index (χ0v) is 12.8. The molecule has 0 spiro atoms. The fourth-order valence-electron chi connectivity index (χ4n) is 3.17. The van der Waals surface area contributed by atoms with Crippen molar-refractivity contribution in [2.45, 2.75) is 5.92 Å². The highest BCUT2D eigenvalue weighted by Crippen LogP contribution is 2.29. The van der Waals surface area contributed by atoms with Gasteiger partial charge in [-0.2, -0.15) is 0 Å². The topological polar surface area (TPSA) is 67.8 Å². The minimum absolute atomic E-state index is 0.0630. The summed E-state index contributed by atoms with van der Waals surface area (Å²) in [5.74, 6) is 1.97. The lowest BCUT2D eigenvalue weighted by molar-refractivity contribution is 0.492. The second kappa shape index (κ2) is 4.89. The first-order chi connectivity index (χ1) is 11.8. The van der Waals surface area contributed by atoms with Gasteiger partial charge in [0.15, 0.2) is 5.65 Å². The Balaban J connectivity index is 1.45. The van der Waals surface area contributed by atoms with E-state index in [1.807, 2.05) is 47.0 Å². The van der Waals surface area contributed by atoms with E-state index in [-0.39, 0.29) is 5.56 Å². The lowest BCUT2D eigenvalue weighted by atomic mass is 9.99. The van der Waals surface area contributed by atoms with Crippen LogP contribution in [0, 0.1) is 0 Å². The summed E-state index contributed by atoms with van der Waals surface area (Å²) in [6, 6.07) is 13.0.